The number of allylic oxidation sites excluding steroid dienone is 4. The summed E-state index contributed by atoms with van der Waals surface area (Å²) in [5.74, 6) is -3.09. The molecule has 43 heavy (non-hydrogen) atoms. The quantitative estimate of drug-likeness (QED) is 0.321. The third kappa shape index (κ3) is 4.81. The lowest BCUT2D eigenvalue weighted by molar-refractivity contribution is -0.183. The van der Waals surface area contributed by atoms with E-state index in [4.69, 9.17) is 15.2 Å². The molecular weight excluding hydrogens is 550 g/mol. The van der Waals surface area contributed by atoms with Crippen LogP contribution in [-0.4, -0.2) is 51.7 Å². The van der Waals surface area contributed by atoms with Crippen molar-refractivity contribution < 1.29 is 38.6 Å². The van der Waals surface area contributed by atoms with Crippen LogP contribution in [0.5, 0.6) is 0 Å². The van der Waals surface area contributed by atoms with E-state index < -0.39 is 62.6 Å². The highest BCUT2D eigenvalue weighted by molar-refractivity contribution is 6.03. The van der Waals surface area contributed by atoms with Crippen molar-refractivity contribution in [3.05, 3.63) is 23.4 Å². The van der Waals surface area contributed by atoms with E-state index in [-0.39, 0.29) is 48.4 Å². The molecule has 2 saturated carbocycles. The number of carbonyl (C=O) groups excluding carboxylic acids is 5. The Hall–Kier alpha value is -2.81. The molecule has 9 heteroatoms. The van der Waals surface area contributed by atoms with Crippen LogP contribution < -0.4 is 5.73 Å². The first kappa shape index (κ1) is 33.1. The monoisotopic (exact) mass is 599 g/mol. The third-order valence-corrected chi connectivity index (χ3v) is 11.9. The second-order valence-electron chi connectivity index (χ2n) is 15.5. The van der Waals surface area contributed by atoms with Gasteiger partial charge in [-0.3, -0.25) is 24.0 Å². The molecule has 9 nitrogen and oxygen atoms in total. The maximum atomic E-state index is 14.5. The van der Waals surface area contributed by atoms with Crippen molar-refractivity contribution in [2.45, 2.75) is 119 Å². The molecule has 4 rings (SSSR count). The van der Waals surface area contributed by atoms with Gasteiger partial charge in [-0.15, -0.1) is 0 Å². The molecule has 0 spiro atoms. The summed E-state index contributed by atoms with van der Waals surface area (Å²) in [6.45, 7) is 17.2. The van der Waals surface area contributed by atoms with Crippen LogP contribution in [0.3, 0.4) is 0 Å². The molecule has 2 fully saturated rings. The topological polar surface area (TPSA) is 150 Å². The number of fused-ring (bicyclic) bond motifs is 5. The number of esters is 2. The van der Waals surface area contributed by atoms with E-state index in [0.29, 0.717) is 12.8 Å². The molecule has 0 aliphatic heterocycles. The van der Waals surface area contributed by atoms with Gasteiger partial charge in [0.05, 0.1) is 11.1 Å². The van der Waals surface area contributed by atoms with Crippen LogP contribution in [0.2, 0.25) is 0 Å². The number of Topliss-reactive ketones (excluding diaryl/α,β-unsaturated/α-hetero) is 3. The third-order valence-electron chi connectivity index (χ3n) is 11.9. The van der Waals surface area contributed by atoms with Gasteiger partial charge in [-0.25, -0.2) is 0 Å². The van der Waals surface area contributed by atoms with Crippen LogP contribution in [-0.2, 0) is 33.4 Å². The van der Waals surface area contributed by atoms with Crippen molar-refractivity contribution in [3.8, 4) is 0 Å². The predicted octanol–water partition coefficient (Wildman–Crippen LogP) is 4.39. The maximum Gasteiger partial charge on any atom is 0.303 e. The first-order valence-corrected chi connectivity index (χ1v) is 15.3. The Kier molecular flexibility index (Phi) is 7.78. The first-order valence-electron chi connectivity index (χ1n) is 15.3. The number of aliphatic hydroxyl groups is 1. The van der Waals surface area contributed by atoms with Crippen LogP contribution in [0.25, 0.3) is 0 Å². The summed E-state index contributed by atoms with van der Waals surface area (Å²) in [5.41, 5.74) is 1.19. The molecule has 0 aromatic heterocycles. The summed E-state index contributed by atoms with van der Waals surface area (Å²) in [7, 11) is 0. The van der Waals surface area contributed by atoms with Crippen LogP contribution in [0.1, 0.15) is 101 Å². The number of hydrogen-bond acceptors (Lipinski definition) is 9. The van der Waals surface area contributed by atoms with Gasteiger partial charge in [-0.05, 0) is 76.7 Å². The number of carbonyl (C=O) groups is 5. The van der Waals surface area contributed by atoms with E-state index in [1.165, 1.54) is 20.8 Å². The molecule has 238 valence electrons. The van der Waals surface area contributed by atoms with E-state index >= 15 is 0 Å². The van der Waals surface area contributed by atoms with Gasteiger partial charge >= 0.3 is 11.9 Å². The van der Waals surface area contributed by atoms with E-state index in [1.807, 2.05) is 27.7 Å². The first-order chi connectivity index (χ1) is 19.5. The van der Waals surface area contributed by atoms with Gasteiger partial charge in [0.1, 0.15) is 23.1 Å². The van der Waals surface area contributed by atoms with Crippen molar-refractivity contribution in [2.75, 3.05) is 0 Å². The fraction of sp³-hybridized carbons (Fsp3) is 0.735. The molecule has 8 atom stereocenters. The second kappa shape index (κ2) is 10.1. The summed E-state index contributed by atoms with van der Waals surface area (Å²) in [6.07, 6.45) is 4.09. The van der Waals surface area contributed by atoms with E-state index in [9.17, 15) is 29.1 Å². The largest absolute Gasteiger partial charge is 0.462 e. The SMILES string of the molecule is CC(=O)O[C@@H]1C[C@@]2(C)[C@@H]3CC=C4[C@@H](C=C(N)C(=O)C4(C)C)[C@]3(C)C(=O)C[C@]2(C)[C@H]1[C@@](C)(O)C(=O)CCC(C)(C)OC(C)=O. The van der Waals surface area contributed by atoms with Crippen molar-refractivity contribution in [2.24, 2.45) is 45.1 Å². The smallest absolute Gasteiger partial charge is 0.303 e. The summed E-state index contributed by atoms with van der Waals surface area (Å²) >= 11 is 0. The van der Waals surface area contributed by atoms with Gasteiger partial charge in [0.2, 0.25) is 0 Å². The Labute approximate surface area is 255 Å². The van der Waals surface area contributed by atoms with Crippen LogP contribution in [0.4, 0.5) is 0 Å². The van der Waals surface area contributed by atoms with Crippen LogP contribution >= 0.6 is 0 Å². The zero-order chi connectivity index (χ0) is 32.7. The second-order valence-corrected chi connectivity index (χ2v) is 15.5. The van der Waals surface area contributed by atoms with E-state index in [1.54, 1.807) is 19.9 Å². The Balaban J connectivity index is 1.79. The molecule has 0 aromatic rings. The fourth-order valence-corrected chi connectivity index (χ4v) is 9.60. The maximum absolute atomic E-state index is 14.5. The van der Waals surface area contributed by atoms with Crippen molar-refractivity contribution in [3.63, 3.8) is 0 Å². The minimum absolute atomic E-state index is 0.0185. The van der Waals surface area contributed by atoms with Crippen LogP contribution in [0.15, 0.2) is 23.4 Å². The summed E-state index contributed by atoms with van der Waals surface area (Å²) in [6, 6.07) is 0. The molecule has 4 aliphatic rings. The number of hydrogen-bond donors (Lipinski definition) is 2. The Morgan fingerprint density at radius 2 is 1.63 bits per heavy atom. The predicted molar refractivity (Wildman–Crippen MR) is 159 cm³/mol. The van der Waals surface area contributed by atoms with Crippen molar-refractivity contribution in [1.82, 2.24) is 0 Å². The van der Waals surface area contributed by atoms with Gasteiger partial charge in [-0.2, -0.15) is 0 Å². The van der Waals surface area contributed by atoms with E-state index in [2.05, 4.69) is 13.0 Å². The molecule has 0 amide bonds. The molecule has 0 saturated heterocycles. The summed E-state index contributed by atoms with van der Waals surface area (Å²) in [4.78, 5) is 65.3. The molecule has 0 heterocycles. The highest BCUT2D eigenvalue weighted by atomic mass is 16.6. The number of rotatable bonds is 7. The average molecular weight is 600 g/mol. The fourth-order valence-electron chi connectivity index (χ4n) is 9.60. The molecule has 4 aliphatic carbocycles. The standard InChI is InChI=1S/C34H49NO8/c1-18(36)42-23-16-31(7)24-12-11-20-21(15-22(35)28(40)30(20,5)6)33(24,9)26(39)17-32(31,8)27(23)34(10,41)25(38)13-14-29(3,4)43-19(2)37/h11,15,21,23-24,27,41H,12-14,16-17,35H2,1-10H3/t21-,23-,24+,27+,31+,32-,33+,34+/m1/s1. The number of nitrogens with two attached hydrogens (primary N) is 1. The molecule has 0 radical (unpaired) electrons. The lowest BCUT2D eigenvalue weighted by Gasteiger charge is -2.63. The lowest BCUT2D eigenvalue weighted by atomic mass is 9.39. The minimum Gasteiger partial charge on any atom is -0.462 e. The number of ketones is 3. The molecule has 3 N–H and O–H groups in total. The molecule has 0 unspecified atom stereocenters. The number of ether oxygens (including phenoxy) is 2. The highest BCUT2D eigenvalue weighted by Gasteiger charge is 2.75. The van der Waals surface area contributed by atoms with Gasteiger partial charge in [0.25, 0.3) is 0 Å². The zero-order valence-corrected chi connectivity index (χ0v) is 27.4. The summed E-state index contributed by atoms with van der Waals surface area (Å²) < 4.78 is 11.2. The normalized spacial score (nSPS) is 38.0. The van der Waals surface area contributed by atoms with Gasteiger partial charge in [0.15, 0.2) is 11.6 Å². The Morgan fingerprint density at radius 1 is 1.02 bits per heavy atom. The summed E-state index contributed by atoms with van der Waals surface area (Å²) in [5, 5.41) is 12.1. The van der Waals surface area contributed by atoms with Crippen molar-refractivity contribution in [1.29, 1.82) is 0 Å². The Morgan fingerprint density at radius 3 is 2.19 bits per heavy atom. The van der Waals surface area contributed by atoms with Gasteiger partial charge < -0.3 is 20.3 Å². The molecule has 0 aromatic carbocycles. The van der Waals surface area contributed by atoms with Crippen molar-refractivity contribution >= 4 is 29.3 Å². The molecular formula is C34H49NO8. The minimum atomic E-state index is -1.94. The van der Waals surface area contributed by atoms with Crippen LogP contribution in [0, 0.1) is 39.4 Å². The average Bonchev–Trinajstić information content (AvgIpc) is 3.07. The van der Waals surface area contributed by atoms with Gasteiger partial charge in [-0.1, -0.05) is 32.4 Å². The zero-order valence-electron chi connectivity index (χ0n) is 27.4. The lowest BCUT2D eigenvalue weighted by Crippen LogP contribution is -2.64. The van der Waals surface area contributed by atoms with E-state index in [0.717, 1.165) is 5.57 Å². The van der Waals surface area contributed by atoms with Gasteiger partial charge in [0, 0.05) is 43.9 Å². The molecule has 0 bridgehead atoms. The Bertz CT molecular complexity index is 1340. The highest BCUT2D eigenvalue weighted by Crippen LogP contribution is 2.74.